The molecule has 0 atom stereocenters. The molecule has 0 bridgehead atoms. The van der Waals surface area contributed by atoms with E-state index in [1.807, 2.05) is 48.3 Å². The largest absolute Gasteiger partial charge is 0.363 e. The number of nitrogens with one attached hydrogen (secondary N) is 2. The first-order valence-corrected chi connectivity index (χ1v) is 8.17. The zero-order chi connectivity index (χ0) is 15.8. The Morgan fingerprint density at radius 3 is 2.96 bits per heavy atom. The summed E-state index contributed by atoms with van der Waals surface area (Å²) in [7, 11) is 0. The fourth-order valence-electron chi connectivity index (χ4n) is 2.61. The normalized spacial score (nSPS) is 14.2. The standard InChI is InChI=1S/C17H18ClN5/c1-11-10-23(15-5-3-2-4-14(15)18)22-16(11)19-8-13-9-20-17(21-13)12-6-7-12/h2-5,9-10,12H,6-8H2,1H3,(H,19,22)(H,20,21). The van der Waals surface area contributed by atoms with Gasteiger partial charge in [0.2, 0.25) is 0 Å². The number of imidazole rings is 1. The molecule has 4 rings (SSSR count). The third-order valence-corrected chi connectivity index (χ3v) is 4.37. The number of aryl methyl sites for hydroxylation is 1. The lowest BCUT2D eigenvalue weighted by Crippen LogP contribution is -2.03. The lowest BCUT2D eigenvalue weighted by Gasteiger charge is -2.04. The summed E-state index contributed by atoms with van der Waals surface area (Å²) < 4.78 is 1.81. The Balaban J connectivity index is 1.49. The van der Waals surface area contributed by atoms with Crippen LogP contribution in [0.15, 0.2) is 36.7 Å². The van der Waals surface area contributed by atoms with Crippen molar-refractivity contribution in [2.75, 3.05) is 5.32 Å². The van der Waals surface area contributed by atoms with Crippen LogP contribution < -0.4 is 5.32 Å². The van der Waals surface area contributed by atoms with Crippen LogP contribution in [0.1, 0.15) is 35.8 Å². The molecule has 0 amide bonds. The monoisotopic (exact) mass is 327 g/mol. The van der Waals surface area contributed by atoms with Crippen LogP contribution in [0, 0.1) is 6.92 Å². The number of hydrogen-bond donors (Lipinski definition) is 2. The first kappa shape index (κ1) is 14.3. The number of aromatic amines is 1. The highest BCUT2D eigenvalue weighted by Crippen LogP contribution is 2.38. The number of rotatable bonds is 5. The van der Waals surface area contributed by atoms with E-state index in [1.165, 1.54) is 12.8 Å². The van der Waals surface area contributed by atoms with Crippen molar-refractivity contribution in [1.29, 1.82) is 0 Å². The second-order valence-corrected chi connectivity index (χ2v) is 6.39. The number of aromatic nitrogens is 4. The Morgan fingerprint density at radius 1 is 1.35 bits per heavy atom. The molecule has 5 nitrogen and oxygen atoms in total. The van der Waals surface area contributed by atoms with E-state index in [4.69, 9.17) is 11.6 Å². The van der Waals surface area contributed by atoms with Crippen LogP contribution in [0.5, 0.6) is 0 Å². The van der Waals surface area contributed by atoms with E-state index in [9.17, 15) is 0 Å². The third-order valence-electron chi connectivity index (χ3n) is 4.05. The summed E-state index contributed by atoms with van der Waals surface area (Å²) >= 11 is 6.24. The van der Waals surface area contributed by atoms with Gasteiger partial charge in [0.15, 0.2) is 5.82 Å². The Bertz CT molecular complexity index is 831. The molecule has 0 aliphatic heterocycles. The molecule has 3 aromatic rings. The Hall–Kier alpha value is -2.27. The minimum Gasteiger partial charge on any atom is -0.363 e. The molecule has 1 aliphatic rings. The van der Waals surface area contributed by atoms with Crippen LogP contribution in [-0.4, -0.2) is 19.7 Å². The molecule has 0 spiro atoms. The van der Waals surface area contributed by atoms with Crippen molar-refractivity contribution < 1.29 is 0 Å². The van der Waals surface area contributed by atoms with Gasteiger partial charge >= 0.3 is 0 Å². The smallest absolute Gasteiger partial charge is 0.151 e. The molecule has 1 aromatic carbocycles. The molecule has 0 radical (unpaired) electrons. The van der Waals surface area contributed by atoms with Crippen molar-refractivity contribution in [1.82, 2.24) is 19.7 Å². The van der Waals surface area contributed by atoms with Crippen LogP contribution >= 0.6 is 11.6 Å². The van der Waals surface area contributed by atoms with E-state index in [0.717, 1.165) is 28.6 Å². The highest BCUT2D eigenvalue weighted by molar-refractivity contribution is 6.32. The van der Waals surface area contributed by atoms with E-state index in [0.29, 0.717) is 17.5 Å². The van der Waals surface area contributed by atoms with Crippen LogP contribution in [0.3, 0.4) is 0 Å². The number of para-hydroxylation sites is 1. The number of anilines is 1. The highest BCUT2D eigenvalue weighted by Gasteiger charge is 2.26. The van der Waals surface area contributed by atoms with Gasteiger partial charge in [0, 0.05) is 17.7 Å². The summed E-state index contributed by atoms with van der Waals surface area (Å²) in [5.41, 5.74) is 3.04. The van der Waals surface area contributed by atoms with E-state index < -0.39 is 0 Å². The minimum atomic E-state index is 0.643. The zero-order valence-electron chi connectivity index (χ0n) is 12.9. The van der Waals surface area contributed by atoms with Crippen LogP contribution in [0.4, 0.5) is 5.82 Å². The van der Waals surface area contributed by atoms with Gasteiger partial charge in [-0.3, -0.25) is 0 Å². The molecule has 2 N–H and O–H groups in total. The van der Waals surface area contributed by atoms with Gasteiger partial charge in [-0.2, -0.15) is 5.10 Å². The zero-order valence-corrected chi connectivity index (χ0v) is 13.6. The Kier molecular flexibility index (Phi) is 3.58. The number of halogens is 1. The third kappa shape index (κ3) is 2.97. The fraction of sp³-hybridized carbons (Fsp3) is 0.294. The second kappa shape index (κ2) is 5.74. The van der Waals surface area contributed by atoms with Crippen molar-refractivity contribution in [2.45, 2.75) is 32.2 Å². The van der Waals surface area contributed by atoms with Crippen molar-refractivity contribution >= 4 is 17.4 Å². The Labute approximate surface area is 139 Å². The number of H-pyrrole nitrogens is 1. The maximum absolute atomic E-state index is 6.24. The molecular formula is C17H18ClN5. The number of benzene rings is 1. The van der Waals surface area contributed by atoms with Crippen molar-refractivity contribution in [3.63, 3.8) is 0 Å². The van der Waals surface area contributed by atoms with Crippen molar-refractivity contribution in [3.8, 4) is 5.69 Å². The fourth-order valence-corrected chi connectivity index (χ4v) is 2.83. The van der Waals surface area contributed by atoms with E-state index >= 15 is 0 Å². The van der Waals surface area contributed by atoms with Gasteiger partial charge in [-0.05, 0) is 31.9 Å². The van der Waals surface area contributed by atoms with Crippen LogP contribution in [0.25, 0.3) is 5.69 Å². The van der Waals surface area contributed by atoms with Gasteiger partial charge < -0.3 is 10.3 Å². The molecule has 2 aromatic heterocycles. The average Bonchev–Trinajstić information content (AvgIpc) is 3.18. The molecule has 1 fully saturated rings. The van der Waals surface area contributed by atoms with Crippen LogP contribution in [0.2, 0.25) is 5.02 Å². The maximum Gasteiger partial charge on any atom is 0.151 e. The second-order valence-electron chi connectivity index (χ2n) is 5.98. The maximum atomic E-state index is 6.24. The first-order chi connectivity index (χ1) is 11.2. The van der Waals surface area contributed by atoms with Gasteiger partial charge in [-0.1, -0.05) is 23.7 Å². The molecule has 0 unspecified atom stereocenters. The lowest BCUT2D eigenvalue weighted by molar-refractivity contribution is 0.875. The van der Waals surface area contributed by atoms with Gasteiger partial charge in [-0.25, -0.2) is 9.67 Å². The molecule has 1 aliphatic carbocycles. The van der Waals surface area contributed by atoms with Crippen LogP contribution in [-0.2, 0) is 6.54 Å². The highest BCUT2D eigenvalue weighted by atomic mass is 35.5. The average molecular weight is 328 g/mol. The van der Waals surface area contributed by atoms with E-state index in [2.05, 4.69) is 20.4 Å². The summed E-state index contributed by atoms with van der Waals surface area (Å²) in [6.07, 6.45) is 6.39. The molecular weight excluding hydrogens is 310 g/mol. The van der Waals surface area contributed by atoms with E-state index in [1.54, 1.807) is 0 Å². The predicted molar refractivity (Wildman–Crippen MR) is 91.2 cm³/mol. The van der Waals surface area contributed by atoms with Gasteiger partial charge in [-0.15, -0.1) is 0 Å². The summed E-state index contributed by atoms with van der Waals surface area (Å²) in [5, 5.41) is 8.65. The summed E-state index contributed by atoms with van der Waals surface area (Å²) in [6.45, 7) is 2.71. The van der Waals surface area contributed by atoms with E-state index in [-0.39, 0.29) is 0 Å². The van der Waals surface area contributed by atoms with Gasteiger partial charge in [0.05, 0.1) is 29.1 Å². The number of nitrogens with zero attached hydrogens (tertiary/aromatic N) is 3. The van der Waals surface area contributed by atoms with Crippen molar-refractivity contribution in [2.24, 2.45) is 0 Å². The predicted octanol–water partition coefficient (Wildman–Crippen LogP) is 4.05. The summed E-state index contributed by atoms with van der Waals surface area (Å²) in [6, 6.07) is 7.69. The quantitative estimate of drug-likeness (QED) is 0.743. The van der Waals surface area contributed by atoms with Crippen molar-refractivity contribution in [3.05, 3.63) is 58.8 Å². The molecule has 118 valence electrons. The Morgan fingerprint density at radius 2 is 2.17 bits per heavy atom. The lowest BCUT2D eigenvalue weighted by atomic mass is 10.3. The summed E-state index contributed by atoms with van der Waals surface area (Å²) in [5.74, 6) is 2.61. The molecule has 0 saturated heterocycles. The van der Waals surface area contributed by atoms with Gasteiger partial charge in [0.1, 0.15) is 5.82 Å². The first-order valence-electron chi connectivity index (χ1n) is 7.79. The number of hydrogen-bond acceptors (Lipinski definition) is 3. The molecule has 2 heterocycles. The summed E-state index contributed by atoms with van der Waals surface area (Å²) in [4.78, 5) is 7.82. The minimum absolute atomic E-state index is 0.643. The molecule has 1 saturated carbocycles. The SMILES string of the molecule is Cc1cn(-c2ccccc2Cl)nc1NCc1cnc(C2CC2)[nH]1. The topological polar surface area (TPSA) is 58.5 Å². The molecule has 23 heavy (non-hydrogen) atoms. The van der Waals surface area contributed by atoms with Gasteiger partial charge in [0.25, 0.3) is 0 Å². The molecule has 6 heteroatoms.